The molecule has 34 heavy (non-hydrogen) atoms. The maximum absolute atomic E-state index is 2.49. The van der Waals surface area contributed by atoms with E-state index in [0.29, 0.717) is 0 Å². The molecule has 6 rings (SSSR count). The summed E-state index contributed by atoms with van der Waals surface area (Å²) in [6.07, 6.45) is 7.71. The van der Waals surface area contributed by atoms with E-state index in [0.717, 1.165) is 5.92 Å². The van der Waals surface area contributed by atoms with Crippen LogP contribution in [0.1, 0.15) is 69.1 Å². The molecule has 0 unspecified atom stereocenters. The van der Waals surface area contributed by atoms with Crippen molar-refractivity contribution in [3.63, 3.8) is 0 Å². The van der Waals surface area contributed by atoms with Crippen LogP contribution in [-0.4, -0.2) is 0 Å². The van der Waals surface area contributed by atoms with Gasteiger partial charge in [-0.3, -0.25) is 0 Å². The Morgan fingerprint density at radius 2 is 1.59 bits per heavy atom. The number of pyridine rings is 1. The van der Waals surface area contributed by atoms with Gasteiger partial charge >= 0.3 is 0 Å². The van der Waals surface area contributed by atoms with Crippen molar-refractivity contribution < 1.29 is 4.57 Å². The molecule has 0 spiro atoms. The predicted octanol–water partition coefficient (Wildman–Crippen LogP) is 8.96. The highest BCUT2D eigenvalue weighted by molar-refractivity contribution is 7.26. The highest BCUT2D eigenvalue weighted by Gasteiger charge is 2.26. The van der Waals surface area contributed by atoms with E-state index >= 15 is 0 Å². The first kappa shape index (κ1) is 21.8. The predicted molar refractivity (Wildman–Crippen MR) is 148 cm³/mol. The molecule has 1 fully saturated rings. The lowest BCUT2D eigenvalue weighted by Gasteiger charge is -2.24. The second-order valence-corrected chi connectivity index (χ2v) is 12.3. The standard InChI is InChI=1S/C32H34NS/c1-20-23-12-8-9-13-24(23)28(32(2,3)4)19-27(20)30-31-26(16-17-33(30)5)25-15-14-22(18-29(25)34-31)21-10-6-7-11-21/h8-9,12-19,21H,6-7,10-11H2,1-5H3/q+1. The van der Waals surface area contributed by atoms with Crippen LogP contribution in [0.2, 0.25) is 0 Å². The molecule has 2 heteroatoms. The van der Waals surface area contributed by atoms with Gasteiger partial charge in [0.2, 0.25) is 5.69 Å². The molecule has 0 atom stereocenters. The molecule has 0 amide bonds. The van der Waals surface area contributed by atoms with Crippen molar-refractivity contribution in [2.24, 2.45) is 7.05 Å². The molecular formula is C32H34NS+. The smallest absolute Gasteiger partial charge is 0.200 e. The molecular weight excluding hydrogens is 430 g/mol. The lowest BCUT2D eigenvalue weighted by atomic mass is 9.80. The van der Waals surface area contributed by atoms with E-state index in [9.17, 15) is 0 Å². The molecule has 3 aromatic carbocycles. The van der Waals surface area contributed by atoms with E-state index in [1.807, 2.05) is 11.3 Å². The number of fused-ring (bicyclic) bond motifs is 4. The third-order valence-corrected chi connectivity index (χ3v) is 9.16. The van der Waals surface area contributed by atoms with Crippen LogP contribution in [0.5, 0.6) is 0 Å². The number of aromatic nitrogens is 1. The minimum atomic E-state index is 0.0743. The first-order valence-electron chi connectivity index (χ1n) is 12.7. The van der Waals surface area contributed by atoms with E-state index in [4.69, 9.17) is 0 Å². The van der Waals surface area contributed by atoms with Gasteiger partial charge < -0.3 is 0 Å². The molecule has 1 saturated carbocycles. The van der Waals surface area contributed by atoms with Gasteiger partial charge in [-0.15, -0.1) is 11.3 Å². The monoisotopic (exact) mass is 464 g/mol. The van der Waals surface area contributed by atoms with Crippen molar-refractivity contribution >= 4 is 42.3 Å². The fourth-order valence-corrected chi connectivity index (χ4v) is 7.45. The second kappa shape index (κ2) is 7.92. The lowest BCUT2D eigenvalue weighted by Crippen LogP contribution is -2.30. The third-order valence-electron chi connectivity index (χ3n) is 7.99. The average molecular weight is 465 g/mol. The molecule has 2 heterocycles. The summed E-state index contributed by atoms with van der Waals surface area (Å²) in [5.74, 6) is 0.752. The summed E-state index contributed by atoms with van der Waals surface area (Å²) in [6, 6.07) is 21.0. The van der Waals surface area contributed by atoms with Gasteiger partial charge in [0, 0.05) is 21.5 Å². The van der Waals surface area contributed by atoms with E-state index < -0.39 is 0 Å². The molecule has 1 aliphatic carbocycles. The van der Waals surface area contributed by atoms with Crippen LogP contribution in [0.25, 0.3) is 42.2 Å². The highest BCUT2D eigenvalue weighted by Crippen LogP contribution is 2.44. The Bertz CT molecular complexity index is 1560. The molecule has 172 valence electrons. The Morgan fingerprint density at radius 1 is 0.853 bits per heavy atom. The zero-order valence-electron chi connectivity index (χ0n) is 21.0. The topological polar surface area (TPSA) is 3.88 Å². The van der Waals surface area contributed by atoms with Crippen molar-refractivity contribution in [3.05, 3.63) is 77.5 Å². The highest BCUT2D eigenvalue weighted by atomic mass is 32.1. The molecule has 0 aliphatic heterocycles. The Hall–Kier alpha value is -2.71. The number of benzene rings is 3. The Morgan fingerprint density at radius 3 is 2.32 bits per heavy atom. The van der Waals surface area contributed by atoms with Crippen molar-refractivity contribution in [3.8, 4) is 11.3 Å². The van der Waals surface area contributed by atoms with Crippen LogP contribution in [-0.2, 0) is 12.5 Å². The molecule has 1 nitrogen and oxygen atoms in total. The van der Waals surface area contributed by atoms with Gasteiger partial charge in [-0.25, -0.2) is 0 Å². The quantitative estimate of drug-likeness (QED) is 0.230. The molecule has 0 radical (unpaired) electrons. The fourth-order valence-electron chi connectivity index (χ4n) is 6.11. The van der Waals surface area contributed by atoms with Gasteiger partial charge in [-0.05, 0) is 70.7 Å². The Kier molecular flexibility index (Phi) is 5.08. The van der Waals surface area contributed by atoms with Crippen molar-refractivity contribution in [2.75, 3.05) is 0 Å². The SMILES string of the molecule is Cc1c(-c2c3sc4cc(C5CCCC5)ccc4c3cc[n+]2C)cc(C(C)(C)C)c2ccccc12. The maximum atomic E-state index is 2.49. The van der Waals surface area contributed by atoms with Crippen LogP contribution >= 0.6 is 11.3 Å². The molecule has 0 bridgehead atoms. The van der Waals surface area contributed by atoms with Crippen LogP contribution in [0.15, 0.2) is 60.8 Å². The van der Waals surface area contributed by atoms with E-state index in [-0.39, 0.29) is 5.41 Å². The Balaban J connectivity index is 1.65. The van der Waals surface area contributed by atoms with Crippen molar-refractivity contribution in [1.29, 1.82) is 0 Å². The van der Waals surface area contributed by atoms with Crippen LogP contribution in [0.3, 0.4) is 0 Å². The van der Waals surface area contributed by atoms with Crippen LogP contribution < -0.4 is 4.57 Å². The Labute approximate surface area is 207 Å². The normalized spacial score (nSPS) is 15.2. The van der Waals surface area contributed by atoms with Gasteiger partial charge in [-0.1, -0.05) is 70.0 Å². The van der Waals surface area contributed by atoms with E-state index in [2.05, 4.69) is 100 Å². The minimum absolute atomic E-state index is 0.0743. The first-order chi connectivity index (χ1) is 16.3. The van der Waals surface area contributed by atoms with Gasteiger partial charge in [0.05, 0.1) is 5.56 Å². The largest absolute Gasteiger partial charge is 0.230 e. The van der Waals surface area contributed by atoms with Crippen LogP contribution in [0.4, 0.5) is 0 Å². The summed E-state index contributed by atoms with van der Waals surface area (Å²) in [5, 5.41) is 5.53. The minimum Gasteiger partial charge on any atom is -0.200 e. The molecule has 2 aromatic heterocycles. The number of nitrogens with zero attached hydrogens (tertiary/aromatic N) is 1. The van der Waals surface area contributed by atoms with Gasteiger partial charge in [0.15, 0.2) is 6.20 Å². The van der Waals surface area contributed by atoms with E-state index in [1.54, 1.807) is 5.56 Å². The van der Waals surface area contributed by atoms with Crippen LogP contribution in [0, 0.1) is 6.92 Å². The second-order valence-electron chi connectivity index (χ2n) is 11.2. The molecule has 5 aromatic rings. The summed E-state index contributed by atoms with van der Waals surface area (Å²) in [6.45, 7) is 9.30. The first-order valence-corrected chi connectivity index (χ1v) is 13.5. The lowest BCUT2D eigenvalue weighted by molar-refractivity contribution is -0.659. The summed E-state index contributed by atoms with van der Waals surface area (Å²) in [5.41, 5.74) is 7.11. The van der Waals surface area contributed by atoms with Gasteiger partial charge in [0.1, 0.15) is 11.7 Å². The number of hydrogen-bond donors (Lipinski definition) is 0. The molecule has 1 aliphatic rings. The number of thiophene rings is 1. The van der Waals surface area contributed by atoms with Crippen molar-refractivity contribution in [2.45, 2.75) is 64.7 Å². The van der Waals surface area contributed by atoms with Crippen molar-refractivity contribution in [1.82, 2.24) is 0 Å². The number of hydrogen-bond acceptors (Lipinski definition) is 1. The number of rotatable bonds is 2. The average Bonchev–Trinajstić information content (AvgIpc) is 3.47. The zero-order valence-corrected chi connectivity index (χ0v) is 21.9. The summed E-state index contributed by atoms with van der Waals surface area (Å²) >= 11 is 1.98. The maximum Gasteiger partial charge on any atom is 0.230 e. The summed E-state index contributed by atoms with van der Waals surface area (Å²) < 4.78 is 5.17. The van der Waals surface area contributed by atoms with Gasteiger partial charge in [-0.2, -0.15) is 4.57 Å². The summed E-state index contributed by atoms with van der Waals surface area (Å²) in [7, 11) is 2.20. The van der Waals surface area contributed by atoms with E-state index in [1.165, 1.54) is 79.0 Å². The zero-order chi connectivity index (χ0) is 23.6. The van der Waals surface area contributed by atoms with Gasteiger partial charge in [0.25, 0.3) is 0 Å². The number of aryl methyl sites for hydroxylation is 2. The molecule has 0 saturated heterocycles. The fraction of sp³-hybridized carbons (Fsp3) is 0.344. The third kappa shape index (κ3) is 3.38. The summed E-state index contributed by atoms with van der Waals surface area (Å²) in [4.78, 5) is 0. The molecule has 0 N–H and O–H groups in total.